The fourth-order valence-corrected chi connectivity index (χ4v) is 1.54. The Morgan fingerprint density at radius 2 is 2.42 bits per heavy atom. The van der Waals surface area contributed by atoms with Gasteiger partial charge >= 0.3 is 0 Å². The van der Waals surface area contributed by atoms with Gasteiger partial charge in [0, 0.05) is 0 Å². The topological polar surface area (TPSA) is 28.7 Å². The number of aromatic amines is 1. The van der Waals surface area contributed by atoms with Crippen LogP contribution in [0.3, 0.4) is 0 Å². The highest BCUT2D eigenvalue weighted by atomic mass is 32.1. The molecule has 0 aliphatic rings. The van der Waals surface area contributed by atoms with Gasteiger partial charge in [-0.05, 0) is 28.5 Å². The molecule has 0 radical (unpaired) electrons. The highest BCUT2D eigenvalue weighted by Crippen LogP contribution is 2.09. The second-order valence-electron chi connectivity index (χ2n) is 2.40. The minimum absolute atomic E-state index is 1.03. The van der Waals surface area contributed by atoms with E-state index in [4.69, 9.17) is 0 Å². The summed E-state index contributed by atoms with van der Waals surface area (Å²) in [5.74, 6) is 0. The van der Waals surface area contributed by atoms with Crippen molar-refractivity contribution in [3.63, 3.8) is 0 Å². The van der Waals surface area contributed by atoms with Crippen molar-refractivity contribution in [3.05, 3.63) is 40.6 Å². The Morgan fingerprint density at radius 1 is 1.42 bits per heavy atom. The predicted octanol–water partition coefficient (Wildman–Crippen LogP) is 2.64. The van der Waals surface area contributed by atoms with E-state index < -0.39 is 0 Å². The maximum absolute atomic E-state index is 3.92. The SMILES string of the molecule is C(=C\c1cnc[nH]1)/c1ccsc1. The number of thiophene rings is 1. The smallest absolute Gasteiger partial charge is 0.0924 e. The van der Waals surface area contributed by atoms with Crippen molar-refractivity contribution in [1.82, 2.24) is 9.97 Å². The Labute approximate surface area is 74.6 Å². The van der Waals surface area contributed by atoms with Crippen molar-refractivity contribution in [2.75, 3.05) is 0 Å². The van der Waals surface area contributed by atoms with Crippen LogP contribution in [-0.4, -0.2) is 9.97 Å². The van der Waals surface area contributed by atoms with Gasteiger partial charge in [-0.25, -0.2) is 4.98 Å². The van der Waals surface area contributed by atoms with Crippen molar-refractivity contribution < 1.29 is 0 Å². The number of rotatable bonds is 2. The first-order valence-corrected chi connectivity index (χ1v) is 4.58. The fourth-order valence-electron chi connectivity index (χ4n) is 0.914. The van der Waals surface area contributed by atoms with Crippen molar-refractivity contribution >= 4 is 23.5 Å². The number of aromatic nitrogens is 2. The van der Waals surface area contributed by atoms with Gasteiger partial charge in [0.15, 0.2) is 0 Å². The largest absolute Gasteiger partial charge is 0.345 e. The van der Waals surface area contributed by atoms with Gasteiger partial charge in [-0.3, -0.25) is 0 Å². The molecule has 2 aromatic heterocycles. The minimum Gasteiger partial charge on any atom is -0.345 e. The van der Waals surface area contributed by atoms with E-state index in [0.29, 0.717) is 0 Å². The average Bonchev–Trinajstić information content (AvgIpc) is 2.74. The van der Waals surface area contributed by atoms with Crippen LogP contribution in [0.4, 0.5) is 0 Å². The number of nitrogens with zero attached hydrogens (tertiary/aromatic N) is 1. The van der Waals surface area contributed by atoms with Crippen LogP contribution >= 0.6 is 11.3 Å². The number of hydrogen-bond acceptors (Lipinski definition) is 2. The van der Waals surface area contributed by atoms with E-state index in [9.17, 15) is 0 Å². The first-order valence-electron chi connectivity index (χ1n) is 3.64. The highest BCUT2D eigenvalue weighted by Gasteiger charge is 1.87. The molecule has 0 amide bonds. The molecule has 0 aliphatic carbocycles. The first kappa shape index (κ1) is 7.31. The molecule has 12 heavy (non-hydrogen) atoms. The lowest BCUT2D eigenvalue weighted by Crippen LogP contribution is -1.66. The van der Waals surface area contributed by atoms with Crippen molar-refractivity contribution in [3.8, 4) is 0 Å². The molecular weight excluding hydrogens is 168 g/mol. The summed E-state index contributed by atoms with van der Waals surface area (Å²) in [7, 11) is 0. The zero-order valence-corrected chi connectivity index (χ0v) is 7.21. The second kappa shape index (κ2) is 3.36. The summed E-state index contributed by atoms with van der Waals surface area (Å²) in [5.41, 5.74) is 2.26. The molecule has 0 bridgehead atoms. The summed E-state index contributed by atoms with van der Waals surface area (Å²) in [6.45, 7) is 0. The normalized spacial score (nSPS) is 11.0. The Balaban J connectivity index is 2.14. The third kappa shape index (κ3) is 1.62. The van der Waals surface area contributed by atoms with Crippen LogP contribution < -0.4 is 0 Å². The van der Waals surface area contributed by atoms with Gasteiger partial charge < -0.3 is 4.98 Å². The molecule has 0 saturated carbocycles. The molecule has 2 aromatic rings. The minimum atomic E-state index is 1.03. The first-order chi connectivity index (χ1) is 5.95. The lowest BCUT2D eigenvalue weighted by Gasteiger charge is -1.82. The van der Waals surface area contributed by atoms with E-state index in [2.05, 4.69) is 32.9 Å². The summed E-state index contributed by atoms with van der Waals surface area (Å²) in [5, 5.41) is 4.17. The molecule has 0 atom stereocenters. The maximum atomic E-state index is 3.92. The molecule has 0 saturated heterocycles. The summed E-state index contributed by atoms with van der Waals surface area (Å²) >= 11 is 1.70. The molecule has 0 fully saturated rings. The van der Waals surface area contributed by atoms with Crippen LogP contribution in [0, 0.1) is 0 Å². The zero-order chi connectivity index (χ0) is 8.23. The monoisotopic (exact) mass is 176 g/mol. The number of hydrogen-bond donors (Lipinski definition) is 1. The molecule has 2 rings (SSSR count). The van der Waals surface area contributed by atoms with Gasteiger partial charge in [0.1, 0.15) is 0 Å². The van der Waals surface area contributed by atoms with Crippen LogP contribution in [0.1, 0.15) is 11.3 Å². The molecule has 60 valence electrons. The van der Waals surface area contributed by atoms with Gasteiger partial charge in [0.25, 0.3) is 0 Å². The maximum Gasteiger partial charge on any atom is 0.0924 e. The van der Waals surface area contributed by atoms with Gasteiger partial charge in [0.05, 0.1) is 18.2 Å². The summed E-state index contributed by atoms with van der Waals surface area (Å²) < 4.78 is 0. The summed E-state index contributed by atoms with van der Waals surface area (Å²) in [6, 6.07) is 2.08. The zero-order valence-electron chi connectivity index (χ0n) is 6.40. The molecule has 0 unspecified atom stereocenters. The van der Waals surface area contributed by atoms with Gasteiger partial charge in [-0.15, -0.1) is 0 Å². The molecule has 2 heterocycles. The van der Waals surface area contributed by atoms with E-state index >= 15 is 0 Å². The third-order valence-electron chi connectivity index (χ3n) is 1.52. The molecular formula is C9H8N2S. The van der Waals surface area contributed by atoms with Crippen LogP contribution in [0.15, 0.2) is 29.4 Å². The lowest BCUT2D eigenvalue weighted by atomic mass is 10.3. The van der Waals surface area contributed by atoms with Crippen molar-refractivity contribution in [1.29, 1.82) is 0 Å². The van der Waals surface area contributed by atoms with Crippen LogP contribution in [-0.2, 0) is 0 Å². The molecule has 3 heteroatoms. The predicted molar refractivity (Wildman–Crippen MR) is 51.8 cm³/mol. The Bertz CT molecular complexity index is 310. The molecule has 0 aliphatic heterocycles. The molecule has 2 nitrogen and oxygen atoms in total. The molecule has 0 aromatic carbocycles. The van der Waals surface area contributed by atoms with E-state index in [-0.39, 0.29) is 0 Å². The Kier molecular flexibility index (Phi) is 2.05. The van der Waals surface area contributed by atoms with Gasteiger partial charge in [0.2, 0.25) is 0 Å². The van der Waals surface area contributed by atoms with E-state index in [0.717, 1.165) is 5.69 Å². The molecule has 1 N–H and O–H groups in total. The van der Waals surface area contributed by atoms with Crippen LogP contribution in [0.25, 0.3) is 12.2 Å². The Morgan fingerprint density at radius 3 is 3.08 bits per heavy atom. The van der Waals surface area contributed by atoms with E-state index in [1.165, 1.54) is 5.56 Å². The number of H-pyrrole nitrogens is 1. The lowest BCUT2D eigenvalue weighted by molar-refractivity contribution is 1.31. The fraction of sp³-hybridized carbons (Fsp3) is 0. The van der Waals surface area contributed by atoms with Gasteiger partial charge in [-0.2, -0.15) is 11.3 Å². The highest BCUT2D eigenvalue weighted by molar-refractivity contribution is 7.08. The van der Waals surface area contributed by atoms with Crippen LogP contribution in [0.2, 0.25) is 0 Å². The third-order valence-corrected chi connectivity index (χ3v) is 2.22. The summed E-state index contributed by atoms with van der Waals surface area (Å²) in [6.07, 6.45) is 7.54. The van der Waals surface area contributed by atoms with Crippen molar-refractivity contribution in [2.45, 2.75) is 0 Å². The summed E-state index contributed by atoms with van der Waals surface area (Å²) in [4.78, 5) is 6.92. The second-order valence-corrected chi connectivity index (χ2v) is 3.18. The number of imidazole rings is 1. The number of nitrogens with one attached hydrogen (secondary N) is 1. The van der Waals surface area contributed by atoms with Gasteiger partial charge in [-0.1, -0.05) is 6.08 Å². The standard InChI is InChI=1S/C9H8N2S/c1(8-3-4-12-6-8)2-9-5-10-7-11-9/h1-7H,(H,10,11)/b2-1+. The van der Waals surface area contributed by atoms with E-state index in [1.807, 2.05) is 6.08 Å². The van der Waals surface area contributed by atoms with Crippen molar-refractivity contribution in [2.24, 2.45) is 0 Å². The molecule has 0 spiro atoms. The van der Waals surface area contributed by atoms with Crippen LogP contribution in [0.5, 0.6) is 0 Å². The van der Waals surface area contributed by atoms with E-state index in [1.54, 1.807) is 23.9 Å². The average molecular weight is 176 g/mol. The quantitative estimate of drug-likeness (QED) is 0.748. The Hall–Kier alpha value is -1.35.